The van der Waals surface area contributed by atoms with E-state index in [0.29, 0.717) is 6.54 Å². The van der Waals surface area contributed by atoms with Crippen molar-refractivity contribution in [3.05, 3.63) is 48.0 Å². The predicted octanol–water partition coefficient (Wildman–Crippen LogP) is 1.24. The zero-order valence-electron chi connectivity index (χ0n) is 8.68. The van der Waals surface area contributed by atoms with Crippen LogP contribution < -0.4 is 5.32 Å². The van der Waals surface area contributed by atoms with Crippen LogP contribution in [0.1, 0.15) is 12.5 Å². The molecule has 0 aliphatic carbocycles. The van der Waals surface area contributed by atoms with Crippen LogP contribution in [0.4, 0.5) is 0 Å². The first-order valence-corrected chi connectivity index (χ1v) is 4.86. The Kier molecular flexibility index (Phi) is 4.57. The largest absolute Gasteiger partial charge is 0.379 e. The number of hydrogen-bond donors (Lipinski definition) is 2. The van der Waals surface area contributed by atoms with Crippen molar-refractivity contribution in [1.29, 1.82) is 0 Å². The number of carbonyl (C=O) groups excluding carboxylic acids is 1. The van der Waals surface area contributed by atoms with Crippen LogP contribution in [0.5, 0.6) is 0 Å². The van der Waals surface area contributed by atoms with E-state index in [1.54, 1.807) is 13.0 Å². The average molecular weight is 205 g/mol. The van der Waals surface area contributed by atoms with Gasteiger partial charge in [-0.1, -0.05) is 42.5 Å². The molecule has 15 heavy (non-hydrogen) atoms. The van der Waals surface area contributed by atoms with E-state index in [-0.39, 0.29) is 5.91 Å². The van der Waals surface area contributed by atoms with Crippen molar-refractivity contribution in [2.24, 2.45) is 0 Å². The van der Waals surface area contributed by atoms with Crippen molar-refractivity contribution >= 4 is 5.91 Å². The van der Waals surface area contributed by atoms with Crippen molar-refractivity contribution in [2.75, 3.05) is 0 Å². The van der Waals surface area contributed by atoms with Gasteiger partial charge >= 0.3 is 0 Å². The lowest BCUT2D eigenvalue weighted by atomic mass is 10.2. The van der Waals surface area contributed by atoms with Gasteiger partial charge < -0.3 is 10.4 Å². The molecule has 3 heteroatoms. The van der Waals surface area contributed by atoms with Gasteiger partial charge in [0.15, 0.2) is 6.10 Å². The molecule has 80 valence electrons. The summed E-state index contributed by atoms with van der Waals surface area (Å²) in [6.45, 7) is 2.20. The number of allylic oxidation sites excluding steroid dienone is 1. The zero-order chi connectivity index (χ0) is 11.1. The fraction of sp³-hybridized carbons (Fsp3) is 0.250. The first-order valence-electron chi connectivity index (χ1n) is 4.86. The van der Waals surface area contributed by atoms with E-state index in [2.05, 4.69) is 5.32 Å². The number of benzene rings is 1. The molecule has 3 nitrogen and oxygen atoms in total. The Hall–Kier alpha value is -1.61. The Labute approximate surface area is 89.4 Å². The van der Waals surface area contributed by atoms with Crippen LogP contribution in [0.15, 0.2) is 42.5 Å². The van der Waals surface area contributed by atoms with Gasteiger partial charge in [0.25, 0.3) is 5.91 Å². The molecule has 0 aliphatic rings. The van der Waals surface area contributed by atoms with E-state index in [4.69, 9.17) is 0 Å². The molecule has 0 bridgehead atoms. The lowest BCUT2D eigenvalue weighted by Gasteiger charge is -2.07. The topological polar surface area (TPSA) is 49.3 Å². The maximum absolute atomic E-state index is 11.3. The second kappa shape index (κ2) is 5.98. The van der Waals surface area contributed by atoms with Crippen LogP contribution in [-0.4, -0.2) is 17.1 Å². The van der Waals surface area contributed by atoms with Crippen LogP contribution in [0.3, 0.4) is 0 Å². The minimum atomic E-state index is -1.06. The second-order valence-electron chi connectivity index (χ2n) is 3.17. The molecule has 1 atom stereocenters. The second-order valence-corrected chi connectivity index (χ2v) is 3.17. The van der Waals surface area contributed by atoms with Gasteiger partial charge in [-0.15, -0.1) is 0 Å². The molecule has 0 aromatic heterocycles. The van der Waals surface area contributed by atoms with E-state index >= 15 is 0 Å². The van der Waals surface area contributed by atoms with Gasteiger partial charge in [0.05, 0.1) is 0 Å². The van der Waals surface area contributed by atoms with E-state index in [1.807, 2.05) is 30.3 Å². The van der Waals surface area contributed by atoms with Gasteiger partial charge in [-0.2, -0.15) is 0 Å². The highest BCUT2D eigenvalue weighted by Gasteiger charge is 2.09. The summed E-state index contributed by atoms with van der Waals surface area (Å²) in [5, 5.41) is 11.9. The fourth-order valence-electron chi connectivity index (χ4n) is 1.16. The van der Waals surface area contributed by atoms with Crippen LogP contribution in [0, 0.1) is 0 Å². The summed E-state index contributed by atoms with van der Waals surface area (Å²) in [6.07, 6.45) is 2.03. The number of carbonyl (C=O) groups is 1. The van der Waals surface area contributed by atoms with E-state index in [9.17, 15) is 9.90 Å². The summed E-state index contributed by atoms with van der Waals surface area (Å²) in [4.78, 5) is 11.3. The third-order valence-electron chi connectivity index (χ3n) is 1.95. The van der Waals surface area contributed by atoms with Gasteiger partial charge in [-0.3, -0.25) is 4.79 Å². The maximum Gasteiger partial charge on any atom is 0.253 e. The van der Waals surface area contributed by atoms with Gasteiger partial charge in [0.2, 0.25) is 0 Å². The van der Waals surface area contributed by atoms with Crippen molar-refractivity contribution in [3.63, 3.8) is 0 Å². The fourth-order valence-corrected chi connectivity index (χ4v) is 1.16. The Morgan fingerprint density at radius 2 is 2.13 bits per heavy atom. The number of rotatable bonds is 4. The van der Waals surface area contributed by atoms with Gasteiger partial charge in [0.1, 0.15) is 0 Å². The summed E-state index contributed by atoms with van der Waals surface area (Å²) < 4.78 is 0. The monoisotopic (exact) mass is 205 g/mol. The Morgan fingerprint density at radius 3 is 2.73 bits per heavy atom. The molecule has 1 amide bonds. The van der Waals surface area contributed by atoms with Gasteiger partial charge in [0, 0.05) is 6.54 Å². The summed E-state index contributed by atoms with van der Waals surface area (Å²) in [5.74, 6) is -0.378. The zero-order valence-corrected chi connectivity index (χ0v) is 8.68. The van der Waals surface area contributed by atoms with Crippen molar-refractivity contribution < 1.29 is 9.90 Å². The Morgan fingerprint density at radius 1 is 1.47 bits per heavy atom. The molecule has 0 heterocycles. The molecular formula is C12H15NO2. The van der Waals surface area contributed by atoms with Crippen LogP contribution >= 0.6 is 0 Å². The van der Waals surface area contributed by atoms with Crippen LogP contribution in [-0.2, 0) is 11.3 Å². The normalized spacial score (nSPS) is 12.7. The number of hydrogen-bond acceptors (Lipinski definition) is 2. The Balaban J connectivity index is 2.41. The predicted molar refractivity (Wildman–Crippen MR) is 59.1 cm³/mol. The number of aliphatic hydroxyl groups excluding tert-OH is 1. The van der Waals surface area contributed by atoms with Crippen molar-refractivity contribution in [2.45, 2.75) is 19.6 Å². The smallest absolute Gasteiger partial charge is 0.253 e. The highest BCUT2D eigenvalue weighted by Crippen LogP contribution is 1.97. The van der Waals surface area contributed by atoms with Crippen molar-refractivity contribution in [3.8, 4) is 0 Å². The lowest BCUT2D eigenvalue weighted by Crippen LogP contribution is -2.32. The minimum absolute atomic E-state index is 0.378. The molecule has 0 saturated heterocycles. The first kappa shape index (κ1) is 11.5. The molecule has 2 N–H and O–H groups in total. The summed E-state index contributed by atoms with van der Waals surface area (Å²) in [5.41, 5.74) is 1.01. The molecule has 0 spiro atoms. The Bertz CT molecular complexity index is 333. The van der Waals surface area contributed by atoms with E-state index < -0.39 is 6.10 Å². The summed E-state index contributed by atoms with van der Waals surface area (Å²) in [7, 11) is 0. The van der Waals surface area contributed by atoms with Crippen LogP contribution in [0.25, 0.3) is 0 Å². The van der Waals surface area contributed by atoms with Gasteiger partial charge in [-0.05, 0) is 12.5 Å². The molecular weight excluding hydrogens is 190 g/mol. The minimum Gasteiger partial charge on any atom is -0.379 e. The SMILES string of the molecule is C/C=C/C(O)C(=O)NCc1ccccc1. The quantitative estimate of drug-likeness (QED) is 0.726. The molecule has 0 saturated carbocycles. The van der Waals surface area contributed by atoms with Crippen LogP contribution in [0.2, 0.25) is 0 Å². The summed E-state index contributed by atoms with van der Waals surface area (Å²) >= 11 is 0. The molecule has 1 unspecified atom stereocenters. The van der Waals surface area contributed by atoms with Gasteiger partial charge in [-0.25, -0.2) is 0 Å². The molecule has 0 aliphatic heterocycles. The first-order chi connectivity index (χ1) is 7.24. The van der Waals surface area contributed by atoms with Crippen molar-refractivity contribution in [1.82, 2.24) is 5.32 Å². The molecule has 1 rings (SSSR count). The van der Waals surface area contributed by atoms with E-state index in [0.717, 1.165) is 5.56 Å². The lowest BCUT2D eigenvalue weighted by molar-refractivity contribution is -0.127. The molecule has 1 aromatic rings. The summed E-state index contributed by atoms with van der Waals surface area (Å²) in [6, 6.07) is 9.57. The highest BCUT2D eigenvalue weighted by atomic mass is 16.3. The highest BCUT2D eigenvalue weighted by molar-refractivity contribution is 5.82. The maximum atomic E-state index is 11.3. The standard InChI is InChI=1S/C12H15NO2/c1-2-6-11(14)12(15)13-9-10-7-4-3-5-8-10/h2-8,11,14H,9H2,1H3,(H,13,15)/b6-2+. The van der Waals surface area contributed by atoms with E-state index in [1.165, 1.54) is 6.08 Å². The number of nitrogens with one attached hydrogen (secondary N) is 1. The number of amides is 1. The third-order valence-corrected chi connectivity index (χ3v) is 1.95. The number of aliphatic hydroxyl groups is 1. The molecule has 0 fully saturated rings. The average Bonchev–Trinajstić information content (AvgIpc) is 2.27. The molecule has 1 aromatic carbocycles. The third kappa shape index (κ3) is 3.95. The molecule has 0 radical (unpaired) electrons.